The number of thiol groups is 1. The maximum atomic E-state index is 12.6. The summed E-state index contributed by atoms with van der Waals surface area (Å²) in [7, 11) is -16.1. The van der Waals surface area contributed by atoms with Crippen LogP contribution in [0.3, 0.4) is 0 Å². The van der Waals surface area contributed by atoms with Crippen LogP contribution in [0.5, 0.6) is 0 Å². The zero-order valence-electron chi connectivity index (χ0n) is 25.5. The lowest BCUT2D eigenvalue weighted by Gasteiger charge is -2.30. The summed E-state index contributed by atoms with van der Waals surface area (Å²) in [6.07, 6.45) is -3.06. The van der Waals surface area contributed by atoms with Gasteiger partial charge in [-0.2, -0.15) is 16.9 Å². The monoisotopic (exact) mass is 765 g/mol. The number of nitrogen functional groups attached to an aromatic ring is 1. The van der Waals surface area contributed by atoms with Crippen molar-refractivity contribution >= 4 is 64.9 Å². The van der Waals surface area contributed by atoms with Crippen LogP contribution in [0.2, 0.25) is 0 Å². The predicted octanol–water partition coefficient (Wildman–Crippen LogP) is -1.00. The summed E-state index contributed by atoms with van der Waals surface area (Å²) in [5, 5.41) is 26.2. The number of carbonyl (C=O) groups excluding carboxylic acids is 2. The van der Waals surface area contributed by atoms with Crippen molar-refractivity contribution < 1.29 is 71.0 Å². The molecule has 22 nitrogen and oxygen atoms in total. The lowest BCUT2D eigenvalue weighted by molar-refractivity contribution is -0.137. The predicted molar refractivity (Wildman–Crippen MR) is 167 cm³/mol. The normalized spacial score (nSPS) is 23.4. The van der Waals surface area contributed by atoms with E-state index in [9.17, 15) is 53.1 Å². The number of nitrogens with zero attached hydrogens (tertiary/aromatic N) is 4. The lowest BCUT2D eigenvalue weighted by atomic mass is 9.87. The molecule has 2 heterocycles. The second-order valence-corrected chi connectivity index (χ2v) is 16.0. The number of nitrogens with one attached hydrogen (secondary N) is 2. The maximum Gasteiger partial charge on any atom is 0.481 e. The molecule has 2 aromatic rings. The summed E-state index contributed by atoms with van der Waals surface area (Å²) in [5.41, 5.74) is 4.56. The van der Waals surface area contributed by atoms with Gasteiger partial charge in [0, 0.05) is 36.6 Å². The molecule has 48 heavy (non-hydrogen) atoms. The Morgan fingerprint density at radius 2 is 1.77 bits per heavy atom. The van der Waals surface area contributed by atoms with Gasteiger partial charge in [0.05, 0.1) is 25.6 Å². The molecule has 1 aliphatic carbocycles. The summed E-state index contributed by atoms with van der Waals surface area (Å²) >= 11 is 3.95. The second kappa shape index (κ2) is 16.3. The Balaban J connectivity index is 1.61. The van der Waals surface area contributed by atoms with Gasteiger partial charge in [-0.15, -0.1) is 0 Å². The van der Waals surface area contributed by atoms with E-state index >= 15 is 0 Å². The van der Waals surface area contributed by atoms with E-state index in [-0.39, 0.29) is 42.3 Å². The molecule has 0 aromatic carbocycles. The number of hydrogen-bond donors (Lipinski definition) is 10. The van der Waals surface area contributed by atoms with Gasteiger partial charge in [0.15, 0.2) is 11.5 Å². The minimum atomic E-state index is -5.46. The van der Waals surface area contributed by atoms with Crippen LogP contribution < -0.4 is 16.4 Å². The molecule has 3 rings (SSSR count). The van der Waals surface area contributed by atoms with Gasteiger partial charge in [-0.3, -0.25) is 23.2 Å². The Kier molecular flexibility index (Phi) is 13.7. The minimum Gasteiger partial charge on any atom is -0.388 e. The fourth-order valence-corrected chi connectivity index (χ4v) is 7.69. The van der Waals surface area contributed by atoms with Gasteiger partial charge < -0.3 is 50.7 Å². The summed E-state index contributed by atoms with van der Waals surface area (Å²) in [4.78, 5) is 75.0. The van der Waals surface area contributed by atoms with Gasteiger partial charge in [-0.1, -0.05) is 13.8 Å². The average molecular weight is 766 g/mol. The number of rotatable bonds is 18. The first kappa shape index (κ1) is 40.4. The number of aromatic nitrogens is 4. The topological polar surface area (TPSA) is 337 Å². The minimum absolute atomic E-state index is 0.0193. The summed E-state index contributed by atoms with van der Waals surface area (Å²) in [6.45, 7) is 1.02. The van der Waals surface area contributed by atoms with Crippen molar-refractivity contribution in [3.8, 4) is 0 Å². The van der Waals surface area contributed by atoms with E-state index in [1.54, 1.807) is 0 Å². The van der Waals surface area contributed by atoms with Crippen LogP contribution in [0.25, 0.3) is 11.2 Å². The molecule has 0 bridgehead atoms. The van der Waals surface area contributed by atoms with Crippen molar-refractivity contribution in [2.45, 2.75) is 51.0 Å². The number of aliphatic hydroxyl groups excluding tert-OH is 2. The SMILES string of the molecule is CC(C)(COP(=O)(O)OP(=O)(O)OC[C@H]1C[C@@H](n2cnc3c(N)ncnc32)C(O)C1OP(=O)(O)O)[C@@H](O)C(=O)NCCC(=O)NCCS. The standard InChI is InChI=1S/C22H38N7O15P3S/c1-22(2,18(32)21(33)25-4-3-14(30)24-5-6-48)9-42-47(39,40)44-46(37,38)41-8-12-7-13(16(31)17(12)43-45(34,35)36)29-11-28-15-19(23)26-10-27-20(15)29/h10-13,16-18,31-32,48H,3-9H2,1-2H3,(H,24,30)(H,25,33)(H,37,38)(H,39,40)(H2,23,26,27)(H2,34,35,36)/t12-,13-,16?,17?,18+/m1/s1. The number of hydrogen-bond acceptors (Lipinski definition) is 16. The first-order valence-corrected chi connectivity index (χ1v) is 19.2. The van der Waals surface area contributed by atoms with Crippen LogP contribution in [-0.2, 0) is 41.2 Å². The average Bonchev–Trinajstić information content (AvgIpc) is 3.54. The zero-order chi connectivity index (χ0) is 36.1. The summed E-state index contributed by atoms with van der Waals surface area (Å²) in [6, 6.07) is -1.01. The molecule has 0 aliphatic heterocycles. The summed E-state index contributed by atoms with van der Waals surface area (Å²) < 4.78 is 56.8. The van der Waals surface area contributed by atoms with Gasteiger partial charge in [-0.05, 0) is 6.42 Å². The highest BCUT2D eigenvalue weighted by Gasteiger charge is 2.49. The fourth-order valence-electron chi connectivity index (χ4n) is 4.67. The van der Waals surface area contributed by atoms with E-state index < -0.39 is 78.3 Å². The van der Waals surface area contributed by atoms with Crippen molar-refractivity contribution in [2.24, 2.45) is 11.3 Å². The number of nitrogens with two attached hydrogens (primary N) is 1. The number of anilines is 1. The molecule has 272 valence electrons. The van der Waals surface area contributed by atoms with Gasteiger partial charge in [0.25, 0.3) is 0 Å². The van der Waals surface area contributed by atoms with Gasteiger partial charge in [-0.25, -0.2) is 28.6 Å². The van der Waals surface area contributed by atoms with Crippen LogP contribution >= 0.6 is 36.1 Å². The van der Waals surface area contributed by atoms with Crippen LogP contribution in [0.1, 0.15) is 32.7 Å². The lowest BCUT2D eigenvalue weighted by Crippen LogP contribution is -2.46. The molecular formula is C22H38N7O15P3S. The number of fused-ring (bicyclic) bond motifs is 1. The molecule has 1 fully saturated rings. The number of carbonyl (C=O) groups is 2. The van der Waals surface area contributed by atoms with E-state index in [0.29, 0.717) is 12.3 Å². The van der Waals surface area contributed by atoms with E-state index in [4.69, 9.17) is 19.3 Å². The molecule has 7 atom stereocenters. The van der Waals surface area contributed by atoms with E-state index in [2.05, 4.69) is 42.5 Å². The molecule has 4 unspecified atom stereocenters. The number of aliphatic hydroxyl groups is 2. The smallest absolute Gasteiger partial charge is 0.388 e. The molecule has 26 heteroatoms. The van der Waals surface area contributed by atoms with E-state index in [1.807, 2.05) is 0 Å². The quantitative estimate of drug-likeness (QED) is 0.0642. The Bertz CT molecular complexity index is 1590. The van der Waals surface area contributed by atoms with Crippen molar-refractivity contribution in [2.75, 3.05) is 37.8 Å². The maximum absolute atomic E-state index is 12.6. The first-order valence-electron chi connectivity index (χ1n) is 14.0. The van der Waals surface area contributed by atoms with Crippen LogP contribution in [0.15, 0.2) is 12.7 Å². The van der Waals surface area contributed by atoms with Crippen molar-refractivity contribution in [3.05, 3.63) is 12.7 Å². The Hall–Kier alpha value is -2.07. The van der Waals surface area contributed by atoms with Crippen LogP contribution in [0.4, 0.5) is 5.82 Å². The highest BCUT2D eigenvalue weighted by atomic mass is 32.1. The van der Waals surface area contributed by atoms with Crippen molar-refractivity contribution in [3.63, 3.8) is 0 Å². The molecule has 0 radical (unpaired) electrons. The fraction of sp³-hybridized carbons (Fsp3) is 0.682. The van der Waals surface area contributed by atoms with Gasteiger partial charge in [0.2, 0.25) is 11.8 Å². The third kappa shape index (κ3) is 11.2. The molecule has 1 aliphatic rings. The highest BCUT2D eigenvalue weighted by molar-refractivity contribution is 7.80. The molecule has 2 amide bonds. The molecule has 0 saturated heterocycles. The Labute approximate surface area is 278 Å². The number of amides is 2. The summed E-state index contributed by atoms with van der Waals surface area (Å²) in [5.74, 6) is -2.07. The van der Waals surface area contributed by atoms with Gasteiger partial charge >= 0.3 is 23.5 Å². The highest BCUT2D eigenvalue weighted by Crippen LogP contribution is 2.61. The van der Waals surface area contributed by atoms with Crippen LogP contribution in [0, 0.1) is 11.3 Å². The Morgan fingerprint density at radius 1 is 1.10 bits per heavy atom. The van der Waals surface area contributed by atoms with Crippen molar-refractivity contribution in [1.29, 1.82) is 0 Å². The van der Waals surface area contributed by atoms with Gasteiger partial charge in [0.1, 0.15) is 30.2 Å². The number of phosphoric acid groups is 3. The molecular weight excluding hydrogens is 727 g/mol. The molecule has 10 N–H and O–H groups in total. The zero-order valence-corrected chi connectivity index (χ0v) is 29.1. The molecule has 0 spiro atoms. The van der Waals surface area contributed by atoms with Crippen LogP contribution in [-0.4, -0.2) is 111 Å². The largest absolute Gasteiger partial charge is 0.481 e. The molecule has 2 aromatic heterocycles. The van der Waals surface area contributed by atoms with E-state index in [0.717, 1.165) is 6.33 Å². The Morgan fingerprint density at radius 3 is 2.42 bits per heavy atom. The van der Waals surface area contributed by atoms with Crippen molar-refractivity contribution in [1.82, 2.24) is 30.2 Å². The molecule has 1 saturated carbocycles. The number of imidazole rings is 1. The first-order chi connectivity index (χ1) is 22.2. The third-order valence-corrected chi connectivity index (χ3v) is 10.4. The number of phosphoric ester groups is 3. The third-order valence-electron chi connectivity index (χ3n) is 7.07. The second-order valence-electron chi connectivity index (χ2n) is 11.3. The van der Waals surface area contributed by atoms with E-state index in [1.165, 1.54) is 24.7 Å².